The van der Waals surface area contributed by atoms with Crippen molar-refractivity contribution in [2.45, 2.75) is 31.0 Å². The van der Waals surface area contributed by atoms with E-state index in [0.717, 1.165) is 28.0 Å². The number of halogens is 1. The van der Waals surface area contributed by atoms with Gasteiger partial charge in [-0.05, 0) is 43.3 Å². The van der Waals surface area contributed by atoms with Gasteiger partial charge in [0.25, 0.3) is 0 Å². The fraction of sp³-hybridized carbons (Fsp3) is 0.238. The first kappa shape index (κ1) is 21.2. The van der Waals surface area contributed by atoms with E-state index in [0.29, 0.717) is 35.6 Å². The predicted octanol–water partition coefficient (Wildman–Crippen LogP) is 4.88. The van der Waals surface area contributed by atoms with Crippen molar-refractivity contribution in [1.82, 2.24) is 24.9 Å². The first-order valence-electron chi connectivity index (χ1n) is 9.56. The Balaban J connectivity index is 1.38. The normalized spacial score (nSPS) is 10.9. The summed E-state index contributed by atoms with van der Waals surface area (Å²) in [5.74, 6) is 3.74. The Hall–Kier alpha value is -3.04. The molecule has 0 N–H and O–H groups in total. The highest BCUT2D eigenvalue weighted by molar-refractivity contribution is 7.98. The number of thioether (sulfide) groups is 1. The van der Waals surface area contributed by atoms with Crippen LogP contribution in [0.15, 0.2) is 58.2 Å². The minimum Gasteiger partial charge on any atom is -0.497 e. The van der Waals surface area contributed by atoms with Crippen molar-refractivity contribution in [3.63, 3.8) is 0 Å². The van der Waals surface area contributed by atoms with Gasteiger partial charge in [0, 0.05) is 17.1 Å². The Morgan fingerprint density at radius 2 is 1.90 bits per heavy atom. The number of aromatic nitrogens is 5. The molecule has 4 aromatic rings. The molecule has 160 valence electrons. The smallest absolute Gasteiger partial charge is 0.237 e. The van der Waals surface area contributed by atoms with E-state index in [2.05, 4.69) is 20.3 Å². The van der Waals surface area contributed by atoms with E-state index in [1.165, 1.54) is 11.8 Å². The molecular weight excluding hydrogens is 438 g/mol. The molecule has 0 unspecified atom stereocenters. The topological polar surface area (TPSA) is 88.1 Å². The molecule has 0 bridgehead atoms. The van der Waals surface area contributed by atoms with Crippen LogP contribution in [-0.4, -0.2) is 32.0 Å². The zero-order valence-corrected chi connectivity index (χ0v) is 18.6. The molecule has 0 saturated carbocycles. The molecule has 0 radical (unpaired) electrons. The van der Waals surface area contributed by atoms with Crippen molar-refractivity contribution in [2.75, 3.05) is 7.11 Å². The zero-order valence-electron chi connectivity index (χ0n) is 17.0. The Morgan fingerprint density at radius 3 is 2.65 bits per heavy atom. The van der Waals surface area contributed by atoms with Gasteiger partial charge >= 0.3 is 0 Å². The van der Waals surface area contributed by atoms with Crippen molar-refractivity contribution < 1.29 is 14.0 Å². The van der Waals surface area contributed by atoms with Gasteiger partial charge in [-0.25, -0.2) is 0 Å². The van der Waals surface area contributed by atoms with Gasteiger partial charge in [-0.2, -0.15) is 4.98 Å². The highest BCUT2D eigenvalue weighted by atomic mass is 35.5. The van der Waals surface area contributed by atoms with E-state index in [1.807, 2.05) is 47.9 Å². The van der Waals surface area contributed by atoms with Crippen molar-refractivity contribution in [1.29, 1.82) is 0 Å². The predicted molar refractivity (Wildman–Crippen MR) is 117 cm³/mol. The Morgan fingerprint density at radius 1 is 1.10 bits per heavy atom. The van der Waals surface area contributed by atoms with Gasteiger partial charge in [-0.15, -0.1) is 10.2 Å². The molecule has 2 aromatic carbocycles. The minimum atomic E-state index is 0.313. The molecule has 0 fully saturated rings. The highest BCUT2D eigenvalue weighted by Crippen LogP contribution is 2.25. The highest BCUT2D eigenvalue weighted by Gasteiger charge is 2.15. The van der Waals surface area contributed by atoms with Crippen LogP contribution < -0.4 is 9.47 Å². The standard InChI is InChI=1S/C21H20ClN5O3S/c1-3-27-18(12-29-17-9-7-16(28-2)8-10-17)24-25-21(27)31-13-19-23-20(26-30-19)14-5-4-6-15(22)11-14/h4-11H,3,12-13H2,1-2H3. The maximum absolute atomic E-state index is 6.03. The SMILES string of the molecule is CCn1c(COc2ccc(OC)cc2)nnc1SCc1nc(-c2cccc(Cl)c2)no1. The molecule has 2 aromatic heterocycles. The number of rotatable bonds is 9. The second kappa shape index (κ2) is 9.84. The molecule has 0 saturated heterocycles. The quantitative estimate of drug-likeness (QED) is 0.328. The summed E-state index contributed by atoms with van der Waals surface area (Å²) in [4.78, 5) is 4.44. The summed E-state index contributed by atoms with van der Waals surface area (Å²) in [6, 6.07) is 14.7. The molecule has 10 heteroatoms. The van der Waals surface area contributed by atoms with Crippen LogP contribution in [0.1, 0.15) is 18.6 Å². The largest absolute Gasteiger partial charge is 0.497 e. The lowest BCUT2D eigenvalue weighted by molar-refractivity contribution is 0.287. The molecule has 0 aliphatic heterocycles. The number of methoxy groups -OCH3 is 1. The van der Waals surface area contributed by atoms with E-state index in [4.69, 9.17) is 25.6 Å². The molecule has 0 aliphatic rings. The van der Waals surface area contributed by atoms with Crippen LogP contribution >= 0.6 is 23.4 Å². The number of ether oxygens (including phenoxy) is 2. The Bertz CT molecular complexity index is 1150. The lowest BCUT2D eigenvalue weighted by Gasteiger charge is -2.09. The summed E-state index contributed by atoms with van der Waals surface area (Å²) in [6.45, 7) is 3.07. The zero-order chi connectivity index (χ0) is 21.6. The summed E-state index contributed by atoms with van der Waals surface area (Å²) in [5.41, 5.74) is 0.808. The van der Waals surface area contributed by atoms with Crippen LogP contribution in [0.5, 0.6) is 11.5 Å². The van der Waals surface area contributed by atoms with Crippen LogP contribution in [0.25, 0.3) is 11.4 Å². The van der Waals surface area contributed by atoms with E-state index in [9.17, 15) is 0 Å². The van der Waals surface area contributed by atoms with Crippen LogP contribution in [0, 0.1) is 0 Å². The van der Waals surface area contributed by atoms with Gasteiger partial charge < -0.3 is 18.6 Å². The number of hydrogen-bond donors (Lipinski definition) is 0. The van der Waals surface area contributed by atoms with Crippen molar-refractivity contribution in [3.8, 4) is 22.9 Å². The molecule has 2 heterocycles. The third-order valence-corrected chi connectivity index (χ3v) is 5.60. The van der Waals surface area contributed by atoms with E-state index in [1.54, 1.807) is 19.2 Å². The fourth-order valence-electron chi connectivity index (χ4n) is 2.85. The third kappa shape index (κ3) is 5.18. The first-order valence-corrected chi connectivity index (χ1v) is 10.9. The van der Waals surface area contributed by atoms with Gasteiger partial charge in [-0.1, -0.05) is 40.7 Å². The molecule has 0 spiro atoms. The second-order valence-corrected chi connectivity index (χ2v) is 7.80. The van der Waals surface area contributed by atoms with E-state index >= 15 is 0 Å². The molecular formula is C21H20ClN5O3S. The minimum absolute atomic E-state index is 0.313. The maximum Gasteiger partial charge on any atom is 0.237 e. The van der Waals surface area contributed by atoms with Gasteiger partial charge in [0.15, 0.2) is 11.0 Å². The number of hydrogen-bond acceptors (Lipinski definition) is 8. The van der Waals surface area contributed by atoms with Gasteiger partial charge in [-0.3, -0.25) is 0 Å². The monoisotopic (exact) mass is 457 g/mol. The van der Waals surface area contributed by atoms with Crippen molar-refractivity contribution in [3.05, 3.63) is 65.3 Å². The first-order chi connectivity index (χ1) is 15.2. The molecule has 8 nitrogen and oxygen atoms in total. The molecule has 31 heavy (non-hydrogen) atoms. The maximum atomic E-state index is 6.03. The van der Waals surface area contributed by atoms with E-state index in [-0.39, 0.29) is 0 Å². The lowest BCUT2D eigenvalue weighted by Crippen LogP contribution is -2.07. The van der Waals surface area contributed by atoms with Gasteiger partial charge in [0.2, 0.25) is 11.7 Å². The van der Waals surface area contributed by atoms with Crippen LogP contribution in [0.3, 0.4) is 0 Å². The van der Waals surface area contributed by atoms with Crippen molar-refractivity contribution in [2.24, 2.45) is 0 Å². The third-order valence-electron chi connectivity index (χ3n) is 4.41. The summed E-state index contributed by atoms with van der Waals surface area (Å²) >= 11 is 7.51. The molecule has 0 aliphatic carbocycles. The lowest BCUT2D eigenvalue weighted by atomic mass is 10.2. The van der Waals surface area contributed by atoms with E-state index < -0.39 is 0 Å². The molecule has 4 rings (SSSR count). The van der Waals surface area contributed by atoms with Crippen LogP contribution in [-0.2, 0) is 18.9 Å². The van der Waals surface area contributed by atoms with Crippen LogP contribution in [0.4, 0.5) is 0 Å². The Labute approximate surface area is 188 Å². The molecule has 0 atom stereocenters. The Kier molecular flexibility index (Phi) is 6.73. The molecule has 0 amide bonds. The number of nitrogens with zero attached hydrogens (tertiary/aromatic N) is 5. The van der Waals surface area contributed by atoms with Gasteiger partial charge in [0.05, 0.1) is 12.9 Å². The summed E-state index contributed by atoms with van der Waals surface area (Å²) in [6.07, 6.45) is 0. The van der Waals surface area contributed by atoms with Crippen molar-refractivity contribution >= 4 is 23.4 Å². The summed E-state index contributed by atoms with van der Waals surface area (Å²) in [7, 11) is 1.63. The number of benzene rings is 2. The average molecular weight is 458 g/mol. The average Bonchev–Trinajstić information content (AvgIpc) is 3.43. The summed E-state index contributed by atoms with van der Waals surface area (Å²) in [5, 5.41) is 14.0. The van der Waals surface area contributed by atoms with Gasteiger partial charge in [0.1, 0.15) is 18.1 Å². The fourth-order valence-corrected chi connectivity index (χ4v) is 3.90. The summed E-state index contributed by atoms with van der Waals surface area (Å²) < 4.78 is 18.4. The van der Waals surface area contributed by atoms with Crippen LogP contribution in [0.2, 0.25) is 5.02 Å². The second-order valence-electron chi connectivity index (χ2n) is 6.42.